The molecule has 0 aromatic heterocycles. The first-order valence-corrected chi connectivity index (χ1v) is 8.28. The SMILES string of the molecule is COc1ccccc1NC(=O)C(=O)N/N=C\c1ccc(SC)cc1. The second-order valence-electron chi connectivity index (χ2n) is 4.63. The lowest BCUT2D eigenvalue weighted by atomic mass is 10.2. The molecular weight excluding hydrogens is 326 g/mol. The maximum Gasteiger partial charge on any atom is 0.329 e. The first-order chi connectivity index (χ1) is 11.6. The van der Waals surface area contributed by atoms with E-state index < -0.39 is 11.8 Å². The van der Waals surface area contributed by atoms with Crippen LogP contribution in [0.3, 0.4) is 0 Å². The van der Waals surface area contributed by atoms with Crippen molar-refractivity contribution in [2.45, 2.75) is 4.90 Å². The maximum absolute atomic E-state index is 11.9. The molecule has 0 unspecified atom stereocenters. The first kappa shape index (κ1) is 17.6. The van der Waals surface area contributed by atoms with Gasteiger partial charge in [0.25, 0.3) is 0 Å². The van der Waals surface area contributed by atoms with Crippen LogP contribution in [0.2, 0.25) is 0 Å². The first-order valence-electron chi connectivity index (χ1n) is 7.05. The zero-order valence-corrected chi connectivity index (χ0v) is 14.1. The van der Waals surface area contributed by atoms with Gasteiger partial charge in [0.05, 0.1) is 19.0 Å². The summed E-state index contributed by atoms with van der Waals surface area (Å²) in [6.45, 7) is 0. The van der Waals surface area contributed by atoms with E-state index in [1.165, 1.54) is 13.3 Å². The molecule has 0 spiro atoms. The Morgan fingerprint density at radius 1 is 1.08 bits per heavy atom. The molecule has 2 amide bonds. The molecule has 6 nitrogen and oxygen atoms in total. The van der Waals surface area contributed by atoms with Crippen molar-refractivity contribution < 1.29 is 14.3 Å². The number of anilines is 1. The van der Waals surface area contributed by atoms with E-state index in [-0.39, 0.29) is 0 Å². The van der Waals surface area contributed by atoms with Crippen molar-refractivity contribution in [2.75, 3.05) is 18.7 Å². The minimum absolute atomic E-state index is 0.414. The summed E-state index contributed by atoms with van der Waals surface area (Å²) in [6.07, 6.45) is 3.46. The number of para-hydroxylation sites is 2. The quantitative estimate of drug-likeness (QED) is 0.378. The van der Waals surface area contributed by atoms with E-state index >= 15 is 0 Å². The molecule has 0 atom stereocenters. The number of ether oxygens (including phenoxy) is 1. The third-order valence-electron chi connectivity index (χ3n) is 3.06. The lowest BCUT2D eigenvalue weighted by molar-refractivity contribution is -0.136. The van der Waals surface area contributed by atoms with Crippen molar-refractivity contribution in [1.82, 2.24) is 5.43 Å². The van der Waals surface area contributed by atoms with Crippen LogP contribution >= 0.6 is 11.8 Å². The minimum Gasteiger partial charge on any atom is -0.495 e. The Bertz CT molecular complexity index is 745. The van der Waals surface area contributed by atoms with E-state index in [1.54, 1.807) is 36.0 Å². The van der Waals surface area contributed by atoms with E-state index in [1.807, 2.05) is 30.5 Å². The Hall–Kier alpha value is -2.80. The Morgan fingerprint density at radius 3 is 2.46 bits per heavy atom. The number of hydrogen-bond donors (Lipinski definition) is 2. The fourth-order valence-electron chi connectivity index (χ4n) is 1.83. The molecule has 0 saturated carbocycles. The third kappa shape index (κ3) is 4.85. The standard InChI is InChI=1S/C17H17N3O3S/c1-23-15-6-4-3-5-14(15)19-16(21)17(22)20-18-11-12-7-9-13(24-2)10-8-12/h3-11H,1-2H3,(H,19,21)(H,20,22)/b18-11-. The predicted octanol–water partition coefficient (Wildman–Crippen LogP) is 2.51. The molecule has 0 aliphatic carbocycles. The monoisotopic (exact) mass is 343 g/mol. The average Bonchev–Trinajstić information content (AvgIpc) is 2.62. The topological polar surface area (TPSA) is 79.8 Å². The Labute approximate surface area is 144 Å². The van der Waals surface area contributed by atoms with Crippen LogP contribution in [0.5, 0.6) is 5.75 Å². The van der Waals surface area contributed by atoms with Crippen molar-refractivity contribution in [3.63, 3.8) is 0 Å². The summed E-state index contributed by atoms with van der Waals surface area (Å²) in [5.41, 5.74) is 3.42. The second-order valence-corrected chi connectivity index (χ2v) is 5.51. The van der Waals surface area contributed by atoms with Crippen molar-refractivity contribution in [3.05, 3.63) is 54.1 Å². The number of nitrogens with one attached hydrogen (secondary N) is 2. The van der Waals surface area contributed by atoms with E-state index in [4.69, 9.17) is 4.74 Å². The third-order valence-corrected chi connectivity index (χ3v) is 3.80. The van der Waals surface area contributed by atoms with Gasteiger partial charge in [0.15, 0.2) is 0 Å². The number of carbonyl (C=O) groups is 2. The number of thioether (sulfide) groups is 1. The molecule has 2 aromatic carbocycles. The van der Waals surface area contributed by atoms with Crippen LogP contribution in [-0.4, -0.2) is 31.4 Å². The summed E-state index contributed by atoms with van der Waals surface area (Å²) < 4.78 is 5.11. The average molecular weight is 343 g/mol. The molecule has 2 rings (SSSR count). The molecule has 0 bridgehead atoms. The van der Waals surface area contributed by atoms with Gasteiger partial charge in [0, 0.05) is 4.90 Å². The Balaban J connectivity index is 1.91. The molecule has 0 aliphatic heterocycles. The largest absolute Gasteiger partial charge is 0.495 e. The molecule has 0 aliphatic rings. The van der Waals surface area contributed by atoms with Crippen LogP contribution in [-0.2, 0) is 9.59 Å². The van der Waals surface area contributed by atoms with Crippen molar-refractivity contribution >= 4 is 35.5 Å². The van der Waals surface area contributed by atoms with Gasteiger partial charge in [-0.25, -0.2) is 5.43 Å². The lowest BCUT2D eigenvalue weighted by Crippen LogP contribution is -2.32. The van der Waals surface area contributed by atoms with Crippen LogP contribution in [0.4, 0.5) is 5.69 Å². The highest BCUT2D eigenvalue weighted by molar-refractivity contribution is 7.98. The van der Waals surface area contributed by atoms with Crippen molar-refractivity contribution in [1.29, 1.82) is 0 Å². The predicted molar refractivity (Wildman–Crippen MR) is 95.6 cm³/mol. The minimum atomic E-state index is -0.863. The number of carbonyl (C=O) groups excluding carboxylic acids is 2. The summed E-state index contributed by atoms with van der Waals surface area (Å²) in [7, 11) is 1.48. The van der Waals surface area contributed by atoms with Gasteiger partial charge in [0.1, 0.15) is 5.75 Å². The van der Waals surface area contributed by atoms with Crippen LogP contribution in [0.1, 0.15) is 5.56 Å². The van der Waals surface area contributed by atoms with Gasteiger partial charge in [-0.2, -0.15) is 5.10 Å². The number of rotatable bonds is 5. The van der Waals surface area contributed by atoms with Gasteiger partial charge in [-0.15, -0.1) is 11.8 Å². The number of methoxy groups -OCH3 is 1. The normalized spacial score (nSPS) is 10.4. The highest BCUT2D eigenvalue weighted by Crippen LogP contribution is 2.22. The summed E-state index contributed by atoms with van der Waals surface area (Å²) in [5, 5.41) is 6.25. The summed E-state index contributed by atoms with van der Waals surface area (Å²) >= 11 is 1.64. The van der Waals surface area contributed by atoms with E-state index in [9.17, 15) is 9.59 Å². The molecule has 2 aromatic rings. The van der Waals surface area contributed by atoms with E-state index in [0.717, 1.165) is 10.5 Å². The van der Waals surface area contributed by atoms with Gasteiger partial charge in [-0.3, -0.25) is 9.59 Å². The summed E-state index contributed by atoms with van der Waals surface area (Å²) in [6, 6.07) is 14.5. The molecule has 124 valence electrons. The lowest BCUT2D eigenvalue weighted by Gasteiger charge is -2.08. The highest BCUT2D eigenvalue weighted by atomic mass is 32.2. The Morgan fingerprint density at radius 2 is 1.79 bits per heavy atom. The van der Waals surface area contributed by atoms with Crippen molar-refractivity contribution in [3.8, 4) is 5.75 Å². The second kappa shape index (κ2) is 8.73. The van der Waals surface area contributed by atoms with E-state index in [2.05, 4.69) is 15.8 Å². The van der Waals surface area contributed by atoms with Gasteiger partial charge >= 0.3 is 11.8 Å². The van der Waals surface area contributed by atoms with Gasteiger partial charge in [-0.1, -0.05) is 24.3 Å². The number of nitrogens with zero attached hydrogens (tertiary/aromatic N) is 1. The zero-order chi connectivity index (χ0) is 17.4. The fourth-order valence-corrected chi connectivity index (χ4v) is 2.24. The van der Waals surface area contributed by atoms with Crippen molar-refractivity contribution in [2.24, 2.45) is 5.10 Å². The number of amides is 2. The molecule has 0 fully saturated rings. The van der Waals surface area contributed by atoms with Crippen LogP contribution in [0.15, 0.2) is 58.5 Å². The van der Waals surface area contributed by atoms with Crippen LogP contribution < -0.4 is 15.5 Å². The zero-order valence-electron chi connectivity index (χ0n) is 13.3. The molecule has 0 radical (unpaired) electrons. The molecule has 2 N–H and O–H groups in total. The van der Waals surface area contributed by atoms with Crippen LogP contribution in [0, 0.1) is 0 Å². The molecular formula is C17H17N3O3S. The van der Waals surface area contributed by atoms with E-state index in [0.29, 0.717) is 11.4 Å². The fraction of sp³-hybridized carbons (Fsp3) is 0.118. The smallest absolute Gasteiger partial charge is 0.329 e. The molecule has 24 heavy (non-hydrogen) atoms. The van der Waals surface area contributed by atoms with Gasteiger partial charge in [0.2, 0.25) is 0 Å². The van der Waals surface area contributed by atoms with Gasteiger partial charge in [-0.05, 0) is 36.1 Å². The van der Waals surface area contributed by atoms with Crippen LogP contribution in [0.25, 0.3) is 0 Å². The number of hydrazone groups is 1. The summed E-state index contributed by atoms with van der Waals surface area (Å²) in [5.74, 6) is -1.22. The number of benzene rings is 2. The Kier molecular flexibility index (Phi) is 6.39. The molecule has 7 heteroatoms. The number of hydrogen-bond acceptors (Lipinski definition) is 5. The molecule has 0 saturated heterocycles. The highest BCUT2D eigenvalue weighted by Gasteiger charge is 2.14. The molecule has 0 heterocycles. The van der Waals surface area contributed by atoms with Gasteiger partial charge < -0.3 is 10.1 Å². The maximum atomic E-state index is 11.9. The summed E-state index contributed by atoms with van der Waals surface area (Å²) in [4.78, 5) is 24.7.